The highest BCUT2D eigenvalue weighted by Crippen LogP contribution is 2.37. The Balaban J connectivity index is 2.99. The smallest absolute Gasteiger partial charge is 0.228 e. The molecule has 1 unspecified atom stereocenters. The van der Waals surface area contributed by atoms with Gasteiger partial charge in [0, 0.05) is 0 Å². The van der Waals surface area contributed by atoms with Gasteiger partial charge < -0.3 is 5.73 Å². The summed E-state index contributed by atoms with van der Waals surface area (Å²) in [6.07, 6.45) is 5.51. The van der Waals surface area contributed by atoms with Gasteiger partial charge in [0.2, 0.25) is 5.91 Å². The number of hydrogen-bond donors (Lipinski definition) is 1. The third kappa shape index (κ3) is 3.59. The van der Waals surface area contributed by atoms with Crippen LogP contribution in [-0.2, 0) is 10.2 Å². The lowest BCUT2D eigenvalue weighted by molar-refractivity contribution is -0.125. The van der Waals surface area contributed by atoms with Crippen LogP contribution in [0.2, 0.25) is 0 Å². The zero-order valence-electron chi connectivity index (χ0n) is 12.5. The first kappa shape index (κ1) is 15.7. The van der Waals surface area contributed by atoms with Crippen LogP contribution in [0.1, 0.15) is 58.4 Å². The Labute approximate surface area is 117 Å². The highest BCUT2D eigenvalue weighted by molar-refractivity contribution is 5.87. The molecular weight excluding hydrogens is 234 g/mol. The number of amides is 1. The molecule has 0 aliphatic carbocycles. The molecule has 0 aliphatic rings. The van der Waals surface area contributed by atoms with Crippen molar-refractivity contribution in [1.29, 1.82) is 0 Å². The summed E-state index contributed by atoms with van der Waals surface area (Å²) in [5, 5.41) is 0. The molecule has 106 valence electrons. The van der Waals surface area contributed by atoms with Crippen LogP contribution in [-0.4, -0.2) is 5.91 Å². The number of nitrogens with two attached hydrogens (primary N) is 1. The number of primary amides is 1. The van der Waals surface area contributed by atoms with Gasteiger partial charge in [0.05, 0.1) is 5.41 Å². The summed E-state index contributed by atoms with van der Waals surface area (Å²) in [5.74, 6) is 0.0271. The van der Waals surface area contributed by atoms with E-state index in [0.29, 0.717) is 0 Å². The third-order valence-corrected chi connectivity index (χ3v) is 4.14. The van der Waals surface area contributed by atoms with Crippen molar-refractivity contribution in [2.24, 2.45) is 11.7 Å². The molecule has 19 heavy (non-hydrogen) atoms. The Hall–Kier alpha value is -1.31. The molecule has 0 radical (unpaired) electrons. The molecule has 0 aliphatic heterocycles. The van der Waals surface area contributed by atoms with Crippen molar-refractivity contribution in [3.63, 3.8) is 0 Å². The van der Waals surface area contributed by atoms with Crippen molar-refractivity contribution in [2.45, 2.75) is 58.3 Å². The van der Waals surface area contributed by atoms with E-state index in [4.69, 9.17) is 5.73 Å². The van der Waals surface area contributed by atoms with Gasteiger partial charge in [-0.2, -0.15) is 0 Å². The molecule has 1 amide bonds. The minimum absolute atomic E-state index is 0.190. The largest absolute Gasteiger partial charge is 0.369 e. The van der Waals surface area contributed by atoms with Crippen LogP contribution >= 0.6 is 0 Å². The van der Waals surface area contributed by atoms with Gasteiger partial charge >= 0.3 is 0 Å². The molecule has 0 spiro atoms. The van der Waals surface area contributed by atoms with E-state index >= 15 is 0 Å². The molecule has 0 aromatic heterocycles. The fourth-order valence-corrected chi connectivity index (χ4v) is 2.88. The molecule has 2 heteroatoms. The quantitative estimate of drug-likeness (QED) is 0.705. The van der Waals surface area contributed by atoms with E-state index in [1.54, 1.807) is 0 Å². The second-order valence-corrected chi connectivity index (χ2v) is 5.67. The first-order chi connectivity index (χ1) is 9.05. The summed E-state index contributed by atoms with van der Waals surface area (Å²) in [5.41, 5.74) is 6.33. The summed E-state index contributed by atoms with van der Waals surface area (Å²) in [7, 11) is 0. The number of carbonyl (C=O) groups excluding carboxylic acids is 1. The van der Waals surface area contributed by atoms with Crippen molar-refractivity contribution in [2.75, 3.05) is 0 Å². The molecule has 1 atom stereocenters. The Bertz CT molecular complexity index is 386. The topological polar surface area (TPSA) is 43.1 Å². The fraction of sp³-hybridized carbons (Fsp3) is 0.588. The SMILES string of the molecule is CCCCCCC(C(N)=O)(c1ccccc1)C(C)C. The minimum Gasteiger partial charge on any atom is -0.369 e. The molecule has 2 nitrogen and oxygen atoms in total. The van der Waals surface area contributed by atoms with Crippen LogP contribution in [0.3, 0.4) is 0 Å². The van der Waals surface area contributed by atoms with Crippen LogP contribution in [0.25, 0.3) is 0 Å². The van der Waals surface area contributed by atoms with Gasteiger partial charge in [-0.3, -0.25) is 4.79 Å². The van der Waals surface area contributed by atoms with Gasteiger partial charge in [-0.15, -0.1) is 0 Å². The van der Waals surface area contributed by atoms with Crippen LogP contribution in [0.15, 0.2) is 30.3 Å². The second-order valence-electron chi connectivity index (χ2n) is 5.67. The summed E-state index contributed by atoms with van der Waals surface area (Å²) in [6, 6.07) is 10.0. The van der Waals surface area contributed by atoms with Crippen molar-refractivity contribution in [1.82, 2.24) is 0 Å². The van der Waals surface area contributed by atoms with Gasteiger partial charge in [0.25, 0.3) is 0 Å². The van der Waals surface area contributed by atoms with E-state index in [2.05, 4.69) is 20.8 Å². The number of rotatable bonds is 8. The van der Waals surface area contributed by atoms with Crippen molar-refractivity contribution in [3.8, 4) is 0 Å². The molecule has 1 aromatic carbocycles. The average molecular weight is 261 g/mol. The number of hydrogen-bond acceptors (Lipinski definition) is 1. The summed E-state index contributed by atoms with van der Waals surface area (Å²) in [6.45, 7) is 6.39. The van der Waals surface area contributed by atoms with Gasteiger partial charge in [-0.05, 0) is 17.9 Å². The normalized spacial score (nSPS) is 14.3. The Kier molecular flexibility index (Phi) is 6.07. The van der Waals surface area contributed by atoms with Crippen molar-refractivity contribution in [3.05, 3.63) is 35.9 Å². The van der Waals surface area contributed by atoms with Crippen molar-refractivity contribution < 1.29 is 4.79 Å². The van der Waals surface area contributed by atoms with Gasteiger partial charge in [-0.25, -0.2) is 0 Å². The van der Waals surface area contributed by atoms with E-state index in [1.807, 2.05) is 30.3 Å². The van der Waals surface area contributed by atoms with Crippen LogP contribution in [0.4, 0.5) is 0 Å². The van der Waals surface area contributed by atoms with Gasteiger partial charge in [-0.1, -0.05) is 76.8 Å². The van der Waals surface area contributed by atoms with Crippen LogP contribution in [0, 0.1) is 5.92 Å². The first-order valence-corrected chi connectivity index (χ1v) is 7.41. The van der Waals surface area contributed by atoms with Crippen LogP contribution < -0.4 is 5.73 Å². The maximum Gasteiger partial charge on any atom is 0.228 e. The average Bonchev–Trinajstić information content (AvgIpc) is 2.39. The van der Waals surface area contributed by atoms with E-state index in [0.717, 1.165) is 18.4 Å². The van der Waals surface area contributed by atoms with E-state index in [9.17, 15) is 4.79 Å². The lowest BCUT2D eigenvalue weighted by Gasteiger charge is -2.35. The Morgan fingerprint density at radius 3 is 2.26 bits per heavy atom. The molecule has 0 saturated heterocycles. The molecule has 0 bridgehead atoms. The Morgan fingerprint density at radius 1 is 1.16 bits per heavy atom. The molecule has 0 fully saturated rings. The van der Waals surface area contributed by atoms with E-state index < -0.39 is 5.41 Å². The van der Waals surface area contributed by atoms with E-state index in [-0.39, 0.29) is 11.8 Å². The summed E-state index contributed by atoms with van der Waals surface area (Å²) >= 11 is 0. The fourth-order valence-electron chi connectivity index (χ4n) is 2.88. The molecule has 0 heterocycles. The first-order valence-electron chi connectivity index (χ1n) is 7.41. The van der Waals surface area contributed by atoms with Gasteiger partial charge in [0.15, 0.2) is 0 Å². The maximum atomic E-state index is 12.1. The lowest BCUT2D eigenvalue weighted by Crippen LogP contribution is -2.45. The highest BCUT2D eigenvalue weighted by Gasteiger charge is 2.40. The third-order valence-electron chi connectivity index (χ3n) is 4.14. The molecular formula is C17H27NO. The predicted octanol–water partition coefficient (Wildman–Crippen LogP) is 4.04. The Morgan fingerprint density at radius 2 is 1.79 bits per heavy atom. The highest BCUT2D eigenvalue weighted by atomic mass is 16.1. The monoisotopic (exact) mass is 261 g/mol. The predicted molar refractivity (Wildman–Crippen MR) is 80.9 cm³/mol. The van der Waals surface area contributed by atoms with Gasteiger partial charge in [0.1, 0.15) is 0 Å². The molecule has 1 rings (SSSR count). The standard InChI is InChI=1S/C17H27NO/c1-4-5-6-10-13-17(14(2)3,16(18)19)15-11-8-7-9-12-15/h7-9,11-12,14H,4-6,10,13H2,1-3H3,(H2,18,19). The zero-order valence-corrected chi connectivity index (χ0v) is 12.5. The summed E-state index contributed by atoms with van der Waals surface area (Å²) < 4.78 is 0. The second kappa shape index (κ2) is 7.32. The van der Waals surface area contributed by atoms with E-state index in [1.165, 1.54) is 19.3 Å². The van der Waals surface area contributed by atoms with Crippen molar-refractivity contribution >= 4 is 5.91 Å². The molecule has 2 N–H and O–H groups in total. The number of unbranched alkanes of at least 4 members (excludes halogenated alkanes) is 3. The number of benzene rings is 1. The minimum atomic E-state index is -0.519. The molecule has 1 aromatic rings. The van der Waals surface area contributed by atoms with Crippen LogP contribution in [0.5, 0.6) is 0 Å². The molecule has 0 saturated carbocycles. The number of carbonyl (C=O) groups is 1. The maximum absolute atomic E-state index is 12.1. The zero-order chi connectivity index (χ0) is 14.3. The lowest BCUT2D eigenvalue weighted by atomic mass is 9.68. The summed E-state index contributed by atoms with van der Waals surface area (Å²) in [4.78, 5) is 12.1.